The molecule has 106 valence electrons. The lowest BCUT2D eigenvalue weighted by Crippen LogP contribution is -2.06. The lowest BCUT2D eigenvalue weighted by molar-refractivity contribution is 0.773. The number of hydrogen-bond acceptors (Lipinski definition) is 4. The summed E-state index contributed by atoms with van der Waals surface area (Å²) in [5, 5.41) is 3.28. The second kappa shape index (κ2) is 6.31. The number of nitrogens with one attached hydrogen (secondary N) is 1. The van der Waals surface area contributed by atoms with Crippen molar-refractivity contribution in [3.8, 4) is 0 Å². The second-order valence-electron chi connectivity index (χ2n) is 5.11. The molecule has 21 heavy (non-hydrogen) atoms. The molecule has 1 aromatic carbocycles. The molecule has 0 spiro atoms. The molecule has 2 aromatic rings. The molecular formula is C17H18N4. The normalized spacial score (nSPS) is 17.5. The quantitative estimate of drug-likeness (QED) is 0.923. The molecule has 0 aliphatic carbocycles. The molecule has 3 rings (SSSR count). The van der Waals surface area contributed by atoms with Gasteiger partial charge in [-0.15, -0.1) is 0 Å². The monoisotopic (exact) mass is 278 g/mol. The standard InChI is InChI=1S/C17H18N4/c1-13-6-2-3-8-15(13)20-17-19-11-9-16(21-17)14-7-4-5-10-18-12-14/h2-3,5-6,8-12,14H,4,7H2,1H3,(H,19,20,21). The van der Waals surface area contributed by atoms with Gasteiger partial charge in [-0.05, 0) is 37.5 Å². The highest BCUT2D eigenvalue weighted by Gasteiger charge is 2.12. The lowest BCUT2D eigenvalue weighted by atomic mass is 10.0. The van der Waals surface area contributed by atoms with Crippen molar-refractivity contribution in [3.63, 3.8) is 0 Å². The van der Waals surface area contributed by atoms with Crippen molar-refractivity contribution in [2.45, 2.75) is 25.7 Å². The predicted molar refractivity (Wildman–Crippen MR) is 86.1 cm³/mol. The van der Waals surface area contributed by atoms with Crippen LogP contribution >= 0.6 is 0 Å². The maximum absolute atomic E-state index is 4.63. The number of benzene rings is 1. The maximum Gasteiger partial charge on any atom is 0.227 e. The van der Waals surface area contributed by atoms with E-state index >= 15 is 0 Å². The number of hydrogen-bond donors (Lipinski definition) is 1. The number of aliphatic imine (C=N–C) groups is 1. The van der Waals surface area contributed by atoms with E-state index in [0.29, 0.717) is 5.95 Å². The van der Waals surface area contributed by atoms with Gasteiger partial charge in [0, 0.05) is 30.2 Å². The zero-order valence-electron chi connectivity index (χ0n) is 12.0. The van der Waals surface area contributed by atoms with Crippen LogP contribution in [0.3, 0.4) is 0 Å². The fraction of sp³-hybridized carbons (Fsp3) is 0.235. The Kier molecular flexibility index (Phi) is 4.05. The minimum atomic E-state index is 0.250. The smallest absolute Gasteiger partial charge is 0.227 e. The number of aryl methyl sites for hydroxylation is 1. The van der Waals surface area contributed by atoms with Gasteiger partial charge in [-0.25, -0.2) is 9.97 Å². The Morgan fingerprint density at radius 3 is 3.00 bits per heavy atom. The van der Waals surface area contributed by atoms with Crippen molar-refractivity contribution in [2.24, 2.45) is 4.99 Å². The SMILES string of the molecule is Cc1ccccc1Nc1nccc(C2C=NC=CCC2)n1. The Morgan fingerprint density at radius 2 is 2.10 bits per heavy atom. The summed E-state index contributed by atoms with van der Waals surface area (Å²) in [4.78, 5) is 13.2. The van der Waals surface area contributed by atoms with Gasteiger partial charge in [0.15, 0.2) is 0 Å². The van der Waals surface area contributed by atoms with Crippen LogP contribution in [0.15, 0.2) is 53.8 Å². The van der Waals surface area contributed by atoms with E-state index in [1.54, 1.807) is 6.20 Å². The Morgan fingerprint density at radius 1 is 1.19 bits per heavy atom. The fourth-order valence-electron chi connectivity index (χ4n) is 2.34. The minimum absolute atomic E-state index is 0.250. The number of aromatic nitrogens is 2. The van der Waals surface area contributed by atoms with Crippen LogP contribution in [0.2, 0.25) is 0 Å². The van der Waals surface area contributed by atoms with Gasteiger partial charge < -0.3 is 5.32 Å². The number of anilines is 2. The van der Waals surface area contributed by atoms with Crippen LogP contribution < -0.4 is 5.32 Å². The van der Waals surface area contributed by atoms with Crippen LogP contribution in [-0.2, 0) is 0 Å². The van der Waals surface area contributed by atoms with Gasteiger partial charge in [0.2, 0.25) is 5.95 Å². The first-order chi connectivity index (χ1) is 10.3. The molecule has 0 saturated carbocycles. The molecule has 1 aliphatic heterocycles. The Hall–Kier alpha value is -2.49. The van der Waals surface area contributed by atoms with Crippen LogP contribution in [0.4, 0.5) is 11.6 Å². The number of nitrogens with zero attached hydrogens (tertiary/aromatic N) is 3. The number of rotatable bonds is 3. The van der Waals surface area contributed by atoms with Crippen LogP contribution in [0.1, 0.15) is 30.0 Å². The van der Waals surface area contributed by atoms with Crippen molar-refractivity contribution in [2.75, 3.05) is 5.32 Å². The van der Waals surface area contributed by atoms with E-state index in [9.17, 15) is 0 Å². The Bertz CT molecular complexity index is 676. The summed E-state index contributed by atoms with van der Waals surface area (Å²) in [5.41, 5.74) is 3.21. The van der Waals surface area contributed by atoms with Gasteiger partial charge in [-0.3, -0.25) is 4.99 Å². The fourth-order valence-corrected chi connectivity index (χ4v) is 2.34. The summed E-state index contributed by atoms with van der Waals surface area (Å²) in [6, 6.07) is 10.1. The maximum atomic E-state index is 4.63. The van der Waals surface area contributed by atoms with E-state index in [2.05, 4.69) is 39.3 Å². The molecule has 0 amide bonds. The highest BCUT2D eigenvalue weighted by atomic mass is 15.1. The van der Waals surface area contributed by atoms with E-state index in [0.717, 1.165) is 24.2 Å². The van der Waals surface area contributed by atoms with Gasteiger partial charge in [-0.2, -0.15) is 0 Å². The predicted octanol–water partition coefficient (Wildman–Crippen LogP) is 3.99. The van der Waals surface area contributed by atoms with Crippen LogP contribution in [0, 0.1) is 6.92 Å². The van der Waals surface area contributed by atoms with Crippen LogP contribution in [0.25, 0.3) is 0 Å². The average Bonchev–Trinajstić information content (AvgIpc) is 2.79. The summed E-state index contributed by atoms with van der Waals surface area (Å²) in [6.45, 7) is 2.07. The summed E-state index contributed by atoms with van der Waals surface area (Å²) in [7, 11) is 0. The van der Waals surface area contributed by atoms with E-state index in [-0.39, 0.29) is 5.92 Å². The number of para-hydroxylation sites is 1. The summed E-state index contributed by atoms with van der Waals surface area (Å²) < 4.78 is 0. The molecule has 0 bridgehead atoms. The third kappa shape index (κ3) is 3.34. The highest BCUT2D eigenvalue weighted by molar-refractivity contribution is 5.68. The Labute approximate surface area is 124 Å². The lowest BCUT2D eigenvalue weighted by Gasteiger charge is -2.12. The van der Waals surface area contributed by atoms with Crippen molar-refractivity contribution in [1.29, 1.82) is 0 Å². The average molecular weight is 278 g/mol. The largest absolute Gasteiger partial charge is 0.324 e. The van der Waals surface area contributed by atoms with E-state index in [1.807, 2.05) is 36.7 Å². The molecule has 1 unspecified atom stereocenters. The molecule has 2 heterocycles. The molecule has 0 saturated heterocycles. The number of allylic oxidation sites excluding steroid dienone is 1. The second-order valence-corrected chi connectivity index (χ2v) is 5.11. The van der Waals surface area contributed by atoms with Gasteiger partial charge in [-0.1, -0.05) is 24.3 Å². The van der Waals surface area contributed by atoms with E-state index in [4.69, 9.17) is 0 Å². The van der Waals surface area contributed by atoms with Gasteiger partial charge in [0.25, 0.3) is 0 Å². The van der Waals surface area contributed by atoms with Gasteiger partial charge in [0.1, 0.15) is 0 Å². The third-order valence-electron chi connectivity index (χ3n) is 3.55. The third-order valence-corrected chi connectivity index (χ3v) is 3.55. The van der Waals surface area contributed by atoms with Crippen molar-refractivity contribution < 1.29 is 0 Å². The van der Waals surface area contributed by atoms with Crippen LogP contribution in [0.5, 0.6) is 0 Å². The molecule has 1 aliphatic rings. The zero-order valence-corrected chi connectivity index (χ0v) is 12.0. The van der Waals surface area contributed by atoms with Crippen molar-refractivity contribution in [3.05, 3.63) is 60.1 Å². The summed E-state index contributed by atoms with van der Waals surface area (Å²) in [6.07, 6.45) is 9.76. The topological polar surface area (TPSA) is 50.2 Å². The molecule has 1 atom stereocenters. The summed E-state index contributed by atoms with van der Waals surface area (Å²) >= 11 is 0. The molecule has 4 heteroatoms. The Balaban J connectivity index is 1.82. The van der Waals surface area contributed by atoms with Crippen molar-refractivity contribution >= 4 is 17.9 Å². The van der Waals surface area contributed by atoms with E-state index in [1.165, 1.54) is 5.56 Å². The minimum Gasteiger partial charge on any atom is -0.324 e. The highest BCUT2D eigenvalue weighted by Crippen LogP contribution is 2.22. The molecule has 0 radical (unpaired) electrons. The zero-order chi connectivity index (χ0) is 14.5. The van der Waals surface area contributed by atoms with Gasteiger partial charge >= 0.3 is 0 Å². The van der Waals surface area contributed by atoms with E-state index < -0.39 is 0 Å². The molecular weight excluding hydrogens is 260 g/mol. The molecule has 4 nitrogen and oxygen atoms in total. The van der Waals surface area contributed by atoms with Crippen LogP contribution in [-0.4, -0.2) is 16.2 Å². The first-order valence-corrected chi connectivity index (χ1v) is 7.17. The summed E-state index contributed by atoms with van der Waals surface area (Å²) in [5.74, 6) is 0.882. The van der Waals surface area contributed by atoms with Crippen molar-refractivity contribution in [1.82, 2.24) is 9.97 Å². The molecule has 0 fully saturated rings. The van der Waals surface area contributed by atoms with Gasteiger partial charge in [0.05, 0.1) is 5.69 Å². The molecule has 1 N–H and O–H groups in total. The first kappa shape index (κ1) is 13.5. The molecule has 1 aromatic heterocycles. The first-order valence-electron chi connectivity index (χ1n) is 7.17.